The molecule has 0 spiro atoms. The second-order valence-corrected chi connectivity index (χ2v) is 4.38. The van der Waals surface area contributed by atoms with Gasteiger partial charge in [0.05, 0.1) is 16.9 Å². The van der Waals surface area contributed by atoms with Gasteiger partial charge in [0.1, 0.15) is 0 Å². The number of aromatic nitrogens is 2. The van der Waals surface area contributed by atoms with Gasteiger partial charge in [0, 0.05) is 5.69 Å². The Kier molecular flexibility index (Phi) is 3.71. The van der Waals surface area contributed by atoms with Crippen molar-refractivity contribution in [2.45, 2.75) is 13.1 Å². The first kappa shape index (κ1) is 14.4. The first-order valence-electron chi connectivity index (χ1n) is 5.51. The van der Waals surface area contributed by atoms with E-state index in [1.165, 1.54) is 12.1 Å². The highest BCUT2D eigenvalue weighted by molar-refractivity contribution is 6.28. The van der Waals surface area contributed by atoms with Crippen LogP contribution in [0.1, 0.15) is 11.3 Å². The van der Waals surface area contributed by atoms with Crippen molar-refractivity contribution in [3.8, 4) is 0 Å². The topological polar surface area (TPSA) is 63.8 Å². The van der Waals surface area contributed by atoms with Gasteiger partial charge in [-0.15, -0.1) is 0 Å². The Morgan fingerprint density at radius 1 is 1.15 bits per heavy atom. The molecule has 1 aromatic heterocycles. The molecule has 0 saturated carbocycles. The fourth-order valence-corrected chi connectivity index (χ4v) is 1.73. The Bertz CT molecular complexity index is 626. The van der Waals surface area contributed by atoms with Crippen LogP contribution >= 0.6 is 11.6 Å². The highest BCUT2D eigenvalue weighted by Gasteiger charge is 2.29. The number of nitrogen functional groups attached to an aromatic ring is 1. The second kappa shape index (κ2) is 5.16. The summed E-state index contributed by atoms with van der Waals surface area (Å²) in [5.41, 5.74) is 6.23. The van der Waals surface area contributed by atoms with Crippen LogP contribution in [0.3, 0.4) is 0 Å². The van der Waals surface area contributed by atoms with Crippen LogP contribution in [0.2, 0.25) is 5.28 Å². The minimum Gasteiger partial charge on any atom is -0.394 e. The molecule has 0 bridgehead atoms. The molecular formula is C12H10ClF3N4. The number of hydrogen-bond acceptors (Lipinski definition) is 4. The Labute approximate surface area is 117 Å². The molecular weight excluding hydrogens is 293 g/mol. The Morgan fingerprint density at radius 2 is 1.75 bits per heavy atom. The standard InChI is InChI=1S/C12H10ClF3N4/c1-6-9(17)10(20-11(13)18-6)19-8-4-2-7(3-5-8)12(14,15)16/h2-5H,17H2,1H3,(H,18,19,20). The SMILES string of the molecule is Cc1nc(Cl)nc(Nc2ccc(C(F)(F)F)cc2)c1N. The molecule has 20 heavy (non-hydrogen) atoms. The van der Waals surface area contributed by atoms with Gasteiger partial charge in [-0.2, -0.15) is 18.2 Å². The molecule has 0 fully saturated rings. The van der Waals surface area contributed by atoms with Crippen LogP contribution in [-0.2, 0) is 6.18 Å². The van der Waals surface area contributed by atoms with Crippen LogP contribution in [0, 0.1) is 6.92 Å². The number of alkyl halides is 3. The van der Waals surface area contributed by atoms with E-state index in [0.717, 1.165) is 12.1 Å². The lowest BCUT2D eigenvalue weighted by molar-refractivity contribution is -0.137. The number of nitrogens with two attached hydrogens (primary N) is 1. The normalized spacial score (nSPS) is 11.4. The molecule has 3 N–H and O–H groups in total. The van der Waals surface area contributed by atoms with E-state index in [0.29, 0.717) is 11.4 Å². The zero-order valence-corrected chi connectivity index (χ0v) is 11.0. The zero-order valence-electron chi connectivity index (χ0n) is 10.3. The summed E-state index contributed by atoms with van der Waals surface area (Å²) in [5, 5.41) is 2.81. The fraction of sp³-hybridized carbons (Fsp3) is 0.167. The maximum Gasteiger partial charge on any atom is 0.416 e. The van der Waals surface area contributed by atoms with Gasteiger partial charge in [0.25, 0.3) is 0 Å². The number of benzene rings is 1. The van der Waals surface area contributed by atoms with E-state index in [1.807, 2.05) is 0 Å². The maximum atomic E-state index is 12.4. The van der Waals surface area contributed by atoms with Crippen LogP contribution in [0.25, 0.3) is 0 Å². The third kappa shape index (κ3) is 3.11. The molecule has 0 amide bonds. The molecule has 0 aliphatic heterocycles. The third-order valence-corrected chi connectivity index (χ3v) is 2.75. The molecule has 0 saturated heterocycles. The van der Waals surface area contributed by atoms with Crippen LogP contribution < -0.4 is 11.1 Å². The van der Waals surface area contributed by atoms with Gasteiger partial charge < -0.3 is 11.1 Å². The van der Waals surface area contributed by atoms with E-state index >= 15 is 0 Å². The molecule has 2 aromatic rings. The average Bonchev–Trinajstić information content (AvgIpc) is 2.35. The predicted molar refractivity (Wildman–Crippen MR) is 70.9 cm³/mol. The highest BCUT2D eigenvalue weighted by atomic mass is 35.5. The Balaban J connectivity index is 2.27. The maximum absolute atomic E-state index is 12.4. The first-order chi connectivity index (χ1) is 9.27. The lowest BCUT2D eigenvalue weighted by Gasteiger charge is -2.11. The van der Waals surface area contributed by atoms with Crippen LogP contribution in [0.5, 0.6) is 0 Å². The monoisotopic (exact) mass is 302 g/mol. The van der Waals surface area contributed by atoms with E-state index in [4.69, 9.17) is 17.3 Å². The predicted octanol–water partition coefficient (Wildman–Crippen LogP) is 3.78. The van der Waals surface area contributed by atoms with E-state index in [9.17, 15) is 13.2 Å². The van der Waals surface area contributed by atoms with Gasteiger partial charge >= 0.3 is 6.18 Å². The first-order valence-corrected chi connectivity index (χ1v) is 5.89. The summed E-state index contributed by atoms with van der Waals surface area (Å²) in [6.07, 6.45) is -4.37. The summed E-state index contributed by atoms with van der Waals surface area (Å²) in [6.45, 7) is 1.65. The van der Waals surface area contributed by atoms with Crippen molar-refractivity contribution in [1.82, 2.24) is 9.97 Å². The van der Waals surface area contributed by atoms with Crippen molar-refractivity contribution in [2.75, 3.05) is 11.1 Å². The number of nitrogens with one attached hydrogen (secondary N) is 1. The smallest absolute Gasteiger partial charge is 0.394 e. The summed E-state index contributed by atoms with van der Waals surface area (Å²) in [5.74, 6) is 0.252. The lowest BCUT2D eigenvalue weighted by Crippen LogP contribution is -2.06. The van der Waals surface area contributed by atoms with Gasteiger partial charge in [-0.05, 0) is 42.8 Å². The highest BCUT2D eigenvalue weighted by Crippen LogP contribution is 2.31. The van der Waals surface area contributed by atoms with Crippen molar-refractivity contribution in [3.63, 3.8) is 0 Å². The van der Waals surface area contributed by atoms with Crippen molar-refractivity contribution < 1.29 is 13.2 Å². The molecule has 1 heterocycles. The second-order valence-electron chi connectivity index (χ2n) is 4.04. The van der Waals surface area contributed by atoms with E-state index in [1.54, 1.807) is 6.92 Å². The molecule has 0 atom stereocenters. The number of rotatable bonds is 2. The molecule has 0 unspecified atom stereocenters. The molecule has 1 aromatic carbocycles. The zero-order chi connectivity index (χ0) is 14.9. The molecule has 2 rings (SSSR count). The molecule has 0 aliphatic carbocycles. The van der Waals surface area contributed by atoms with E-state index < -0.39 is 11.7 Å². The summed E-state index contributed by atoms with van der Waals surface area (Å²) in [4.78, 5) is 7.76. The molecule has 0 aliphatic rings. The molecule has 0 radical (unpaired) electrons. The van der Waals surface area contributed by atoms with Crippen LogP contribution in [0.15, 0.2) is 24.3 Å². The van der Waals surface area contributed by atoms with Crippen molar-refractivity contribution in [1.29, 1.82) is 0 Å². The summed E-state index contributed by atoms with van der Waals surface area (Å²) in [6, 6.07) is 4.50. The van der Waals surface area contributed by atoms with Crippen molar-refractivity contribution >= 4 is 28.8 Å². The number of nitrogens with zero attached hydrogens (tertiary/aromatic N) is 2. The number of anilines is 3. The van der Waals surface area contributed by atoms with Gasteiger partial charge in [0.15, 0.2) is 5.82 Å². The minimum absolute atomic E-state index is 0.00566. The minimum atomic E-state index is -4.37. The average molecular weight is 303 g/mol. The molecule has 8 heteroatoms. The van der Waals surface area contributed by atoms with Gasteiger partial charge in [-0.3, -0.25) is 0 Å². The number of hydrogen-bond donors (Lipinski definition) is 2. The van der Waals surface area contributed by atoms with Gasteiger partial charge in [-0.25, -0.2) is 4.98 Å². The Morgan fingerprint density at radius 3 is 2.30 bits per heavy atom. The van der Waals surface area contributed by atoms with E-state index in [2.05, 4.69) is 15.3 Å². The van der Waals surface area contributed by atoms with Gasteiger partial charge in [0.2, 0.25) is 5.28 Å². The van der Waals surface area contributed by atoms with Crippen molar-refractivity contribution in [3.05, 3.63) is 40.8 Å². The summed E-state index contributed by atoms with van der Waals surface area (Å²) >= 11 is 5.71. The quantitative estimate of drug-likeness (QED) is 0.829. The summed E-state index contributed by atoms with van der Waals surface area (Å²) < 4.78 is 37.3. The largest absolute Gasteiger partial charge is 0.416 e. The lowest BCUT2D eigenvalue weighted by atomic mass is 10.2. The molecule has 4 nitrogen and oxygen atoms in total. The van der Waals surface area contributed by atoms with Crippen LogP contribution in [0.4, 0.5) is 30.4 Å². The summed E-state index contributed by atoms with van der Waals surface area (Å²) in [7, 11) is 0. The third-order valence-electron chi connectivity index (χ3n) is 2.58. The van der Waals surface area contributed by atoms with E-state index in [-0.39, 0.29) is 16.8 Å². The van der Waals surface area contributed by atoms with Crippen LogP contribution in [-0.4, -0.2) is 9.97 Å². The van der Waals surface area contributed by atoms with Crippen molar-refractivity contribution in [2.24, 2.45) is 0 Å². The number of aryl methyl sites for hydroxylation is 1. The number of halogens is 4. The fourth-order valence-electron chi connectivity index (χ4n) is 1.52. The Hall–Kier alpha value is -2.02. The molecule has 106 valence electrons. The van der Waals surface area contributed by atoms with Gasteiger partial charge in [-0.1, -0.05) is 0 Å².